The molecule has 2 aliphatic rings. The molecule has 132 valence electrons. The average Bonchev–Trinajstić information content (AvgIpc) is 2.96. The molecule has 4 nitrogen and oxygen atoms in total. The van der Waals surface area contributed by atoms with Gasteiger partial charge in [0.25, 0.3) is 0 Å². The van der Waals surface area contributed by atoms with Crippen LogP contribution in [0.1, 0.15) is 26.3 Å². The predicted octanol–water partition coefficient (Wildman–Crippen LogP) is 3.68. The fourth-order valence-electron chi connectivity index (χ4n) is 4.19. The van der Waals surface area contributed by atoms with Gasteiger partial charge >= 0.3 is 6.09 Å². The predicted molar refractivity (Wildman–Crippen MR) is 98.7 cm³/mol. The standard InChI is InChI=1S/C19H27BrN2O2/c1-19(2,3)17(24-18(21)23)16-14-10-22(11-15(14)16)9-8-12-4-6-13(20)7-5-12/h4-7,14-17H,8-11H2,1-3H3,(H2,21,23). The number of rotatable bonds is 5. The molecule has 2 N–H and O–H groups in total. The van der Waals surface area contributed by atoms with E-state index in [9.17, 15) is 4.79 Å². The van der Waals surface area contributed by atoms with Crippen molar-refractivity contribution in [2.24, 2.45) is 28.9 Å². The van der Waals surface area contributed by atoms with Crippen LogP contribution in [-0.4, -0.2) is 36.7 Å². The van der Waals surface area contributed by atoms with Crippen molar-refractivity contribution in [1.82, 2.24) is 4.90 Å². The fourth-order valence-corrected chi connectivity index (χ4v) is 4.45. The van der Waals surface area contributed by atoms with E-state index in [4.69, 9.17) is 10.5 Å². The minimum atomic E-state index is -0.646. The number of nitrogens with two attached hydrogens (primary N) is 1. The summed E-state index contributed by atoms with van der Waals surface area (Å²) in [6.07, 6.45) is 0.364. The van der Waals surface area contributed by atoms with Crippen LogP contribution in [0, 0.1) is 23.2 Å². The van der Waals surface area contributed by atoms with Crippen LogP contribution in [0.25, 0.3) is 0 Å². The van der Waals surface area contributed by atoms with Crippen molar-refractivity contribution in [3.63, 3.8) is 0 Å². The van der Waals surface area contributed by atoms with Crippen LogP contribution in [-0.2, 0) is 11.2 Å². The smallest absolute Gasteiger partial charge is 0.404 e. The summed E-state index contributed by atoms with van der Waals surface area (Å²) in [4.78, 5) is 13.8. The molecule has 3 unspecified atom stereocenters. The highest BCUT2D eigenvalue weighted by atomic mass is 79.9. The second kappa shape index (κ2) is 6.68. The molecule has 3 rings (SSSR count). The van der Waals surface area contributed by atoms with Gasteiger partial charge in [0, 0.05) is 30.0 Å². The molecule has 2 fully saturated rings. The van der Waals surface area contributed by atoms with Crippen molar-refractivity contribution < 1.29 is 9.53 Å². The van der Waals surface area contributed by atoms with Crippen LogP contribution in [0.4, 0.5) is 4.79 Å². The Labute approximate surface area is 152 Å². The normalized spacial score (nSPS) is 27.6. The number of carbonyl (C=O) groups excluding carboxylic acids is 1. The molecule has 1 aromatic rings. The van der Waals surface area contributed by atoms with Crippen molar-refractivity contribution in [2.45, 2.75) is 33.3 Å². The summed E-state index contributed by atoms with van der Waals surface area (Å²) in [7, 11) is 0. The van der Waals surface area contributed by atoms with E-state index in [0.29, 0.717) is 17.8 Å². The number of fused-ring (bicyclic) bond motifs is 1. The van der Waals surface area contributed by atoms with Crippen molar-refractivity contribution in [2.75, 3.05) is 19.6 Å². The lowest BCUT2D eigenvalue weighted by atomic mass is 9.84. The molecule has 1 saturated heterocycles. The van der Waals surface area contributed by atoms with Gasteiger partial charge in [0.05, 0.1) is 0 Å². The van der Waals surface area contributed by atoms with Gasteiger partial charge in [-0.2, -0.15) is 0 Å². The Morgan fingerprint density at radius 1 is 1.29 bits per heavy atom. The molecule has 1 saturated carbocycles. The number of piperidine rings is 1. The van der Waals surface area contributed by atoms with Crippen molar-refractivity contribution in [3.05, 3.63) is 34.3 Å². The fraction of sp³-hybridized carbons (Fsp3) is 0.632. The third kappa shape index (κ3) is 3.94. The SMILES string of the molecule is CC(C)(C)C(OC(N)=O)C1C2CN(CCc3ccc(Br)cc3)CC21. The van der Waals surface area contributed by atoms with E-state index in [1.54, 1.807) is 0 Å². The number of ether oxygens (including phenoxy) is 1. The number of hydrogen-bond acceptors (Lipinski definition) is 3. The summed E-state index contributed by atoms with van der Waals surface area (Å²) in [6, 6.07) is 8.56. The van der Waals surface area contributed by atoms with Crippen LogP contribution < -0.4 is 5.73 Å². The highest BCUT2D eigenvalue weighted by Gasteiger charge is 2.61. The Kier molecular flexibility index (Phi) is 4.94. The molecular formula is C19H27BrN2O2. The summed E-state index contributed by atoms with van der Waals surface area (Å²) in [5.41, 5.74) is 6.59. The highest BCUT2D eigenvalue weighted by Crippen LogP contribution is 2.57. The number of carbonyl (C=O) groups is 1. The lowest BCUT2D eigenvalue weighted by Crippen LogP contribution is -2.39. The van der Waals surface area contributed by atoms with Crippen LogP contribution >= 0.6 is 15.9 Å². The van der Waals surface area contributed by atoms with Crippen LogP contribution in [0.3, 0.4) is 0 Å². The molecule has 5 heteroatoms. The Morgan fingerprint density at radius 3 is 2.38 bits per heavy atom. The minimum Gasteiger partial charge on any atom is -0.446 e. The van der Waals surface area contributed by atoms with E-state index >= 15 is 0 Å². The van der Waals surface area contributed by atoms with Crippen LogP contribution in [0.5, 0.6) is 0 Å². The first-order valence-corrected chi connectivity index (χ1v) is 9.48. The van der Waals surface area contributed by atoms with E-state index < -0.39 is 6.09 Å². The highest BCUT2D eigenvalue weighted by molar-refractivity contribution is 9.10. The Bertz CT molecular complexity index is 584. The maximum Gasteiger partial charge on any atom is 0.404 e. The zero-order valence-electron chi connectivity index (χ0n) is 14.7. The zero-order valence-corrected chi connectivity index (χ0v) is 16.3. The molecule has 0 aromatic heterocycles. The third-order valence-corrected chi connectivity index (χ3v) is 5.94. The molecule has 1 heterocycles. The molecule has 0 bridgehead atoms. The van der Waals surface area contributed by atoms with Crippen LogP contribution in [0.2, 0.25) is 0 Å². The summed E-state index contributed by atoms with van der Waals surface area (Å²) < 4.78 is 6.59. The molecule has 1 aliphatic carbocycles. The van der Waals surface area contributed by atoms with E-state index in [1.807, 2.05) is 0 Å². The quantitative estimate of drug-likeness (QED) is 0.828. The number of primary amides is 1. The van der Waals surface area contributed by atoms with Gasteiger partial charge in [-0.1, -0.05) is 48.8 Å². The van der Waals surface area contributed by atoms with Gasteiger partial charge in [-0.3, -0.25) is 0 Å². The maximum atomic E-state index is 11.2. The summed E-state index contributed by atoms with van der Waals surface area (Å²) >= 11 is 3.47. The Hall–Kier alpha value is -1.07. The molecule has 0 radical (unpaired) electrons. The first-order valence-electron chi connectivity index (χ1n) is 8.68. The summed E-state index contributed by atoms with van der Waals surface area (Å²) in [5, 5.41) is 0. The average molecular weight is 395 g/mol. The van der Waals surface area contributed by atoms with Gasteiger partial charge in [-0.25, -0.2) is 4.79 Å². The van der Waals surface area contributed by atoms with Crippen molar-refractivity contribution in [1.29, 1.82) is 0 Å². The molecule has 1 aromatic carbocycles. The van der Waals surface area contributed by atoms with Gasteiger partial charge in [0.15, 0.2) is 0 Å². The van der Waals surface area contributed by atoms with Crippen molar-refractivity contribution >= 4 is 22.0 Å². The van der Waals surface area contributed by atoms with Gasteiger partial charge in [0.2, 0.25) is 0 Å². The zero-order chi connectivity index (χ0) is 17.5. The second-order valence-corrected chi connectivity index (χ2v) is 9.18. The largest absolute Gasteiger partial charge is 0.446 e. The number of benzene rings is 1. The molecule has 0 spiro atoms. The lowest BCUT2D eigenvalue weighted by Gasteiger charge is -2.32. The number of hydrogen-bond donors (Lipinski definition) is 1. The van der Waals surface area contributed by atoms with E-state index in [0.717, 1.165) is 30.5 Å². The van der Waals surface area contributed by atoms with Gasteiger partial charge < -0.3 is 15.4 Å². The topological polar surface area (TPSA) is 55.6 Å². The summed E-state index contributed by atoms with van der Waals surface area (Å²) in [6.45, 7) is 9.69. The monoisotopic (exact) mass is 394 g/mol. The number of halogens is 1. The maximum absolute atomic E-state index is 11.2. The molecule has 1 amide bonds. The van der Waals surface area contributed by atoms with Gasteiger partial charge in [-0.15, -0.1) is 0 Å². The molecular weight excluding hydrogens is 368 g/mol. The van der Waals surface area contributed by atoms with E-state index in [1.165, 1.54) is 5.56 Å². The van der Waals surface area contributed by atoms with Gasteiger partial charge in [-0.05, 0) is 41.4 Å². The second-order valence-electron chi connectivity index (χ2n) is 8.26. The molecule has 3 atom stereocenters. The van der Waals surface area contributed by atoms with Gasteiger partial charge in [0.1, 0.15) is 6.10 Å². The van der Waals surface area contributed by atoms with E-state index in [-0.39, 0.29) is 11.5 Å². The number of amides is 1. The minimum absolute atomic E-state index is 0.0632. The molecule has 24 heavy (non-hydrogen) atoms. The Balaban J connectivity index is 1.50. The summed E-state index contributed by atoms with van der Waals surface area (Å²) in [5.74, 6) is 1.78. The van der Waals surface area contributed by atoms with Crippen LogP contribution in [0.15, 0.2) is 28.7 Å². The first kappa shape index (κ1) is 17.7. The van der Waals surface area contributed by atoms with E-state index in [2.05, 4.69) is 65.9 Å². The third-order valence-electron chi connectivity index (χ3n) is 5.41. The lowest BCUT2D eigenvalue weighted by molar-refractivity contribution is 0.0104. The Morgan fingerprint density at radius 2 is 1.88 bits per heavy atom. The van der Waals surface area contributed by atoms with Crippen molar-refractivity contribution in [3.8, 4) is 0 Å². The number of nitrogens with zero attached hydrogens (tertiary/aromatic N) is 1. The number of likely N-dealkylation sites (tertiary alicyclic amines) is 1. The molecule has 1 aliphatic heterocycles. The first-order chi connectivity index (χ1) is 11.3.